The maximum absolute atomic E-state index is 8.86. The van der Waals surface area contributed by atoms with E-state index in [9.17, 15) is 0 Å². The van der Waals surface area contributed by atoms with Gasteiger partial charge in [0.25, 0.3) is 0 Å². The third-order valence-corrected chi connectivity index (χ3v) is 2.02. The fraction of sp³-hybridized carbons (Fsp3) is 0.500. The van der Waals surface area contributed by atoms with Gasteiger partial charge in [-0.2, -0.15) is 5.26 Å². The van der Waals surface area contributed by atoms with Crippen LogP contribution in [0.25, 0.3) is 0 Å². The van der Waals surface area contributed by atoms with Crippen molar-refractivity contribution < 1.29 is 0 Å². The Bertz CT molecular complexity index is 236. The smallest absolute Gasteiger partial charge is 0.119 e. The van der Waals surface area contributed by atoms with E-state index in [1.807, 2.05) is 0 Å². The van der Waals surface area contributed by atoms with E-state index >= 15 is 0 Å². The maximum atomic E-state index is 8.86. The van der Waals surface area contributed by atoms with Crippen LogP contribution in [0.15, 0.2) is 17.6 Å². The number of nitriles is 1. The van der Waals surface area contributed by atoms with Crippen molar-refractivity contribution in [2.24, 2.45) is 16.1 Å². The SMILES string of the molecule is C=CCC1(C#N)CCN=C1N. The average molecular weight is 149 g/mol. The van der Waals surface area contributed by atoms with Gasteiger partial charge in [-0.25, -0.2) is 0 Å². The summed E-state index contributed by atoms with van der Waals surface area (Å²) in [6.45, 7) is 4.26. The largest absolute Gasteiger partial charge is 0.386 e. The molecule has 0 spiro atoms. The monoisotopic (exact) mass is 149 g/mol. The number of nitrogens with zero attached hydrogens (tertiary/aromatic N) is 2. The van der Waals surface area contributed by atoms with Gasteiger partial charge in [-0.1, -0.05) is 6.08 Å². The summed E-state index contributed by atoms with van der Waals surface area (Å²) in [5.41, 5.74) is 5.05. The third-order valence-electron chi connectivity index (χ3n) is 2.02. The second-order valence-corrected chi connectivity index (χ2v) is 2.70. The van der Waals surface area contributed by atoms with E-state index in [-0.39, 0.29) is 0 Å². The lowest BCUT2D eigenvalue weighted by Crippen LogP contribution is -2.31. The highest BCUT2D eigenvalue weighted by Gasteiger charge is 2.36. The molecule has 0 aromatic carbocycles. The minimum absolute atomic E-state index is 0.472. The van der Waals surface area contributed by atoms with Crippen molar-refractivity contribution in [3.63, 3.8) is 0 Å². The summed E-state index contributed by atoms with van der Waals surface area (Å²) in [4.78, 5) is 4.00. The molecule has 3 heteroatoms. The quantitative estimate of drug-likeness (QED) is 0.591. The number of amidine groups is 1. The number of nitrogens with two attached hydrogens (primary N) is 1. The van der Waals surface area contributed by atoms with Gasteiger partial charge < -0.3 is 5.73 Å². The van der Waals surface area contributed by atoms with Gasteiger partial charge in [-0.15, -0.1) is 6.58 Å². The fourth-order valence-corrected chi connectivity index (χ4v) is 1.26. The Kier molecular flexibility index (Phi) is 1.95. The summed E-state index contributed by atoms with van der Waals surface area (Å²) in [6.07, 6.45) is 3.07. The van der Waals surface area contributed by atoms with Gasteiger partial charge in [0.1, 0.15) is 11.3 Å². The van der Waals surface area contributed by atoms with E-state index < -0.39 is 5.41 Å². The van der Waals surface area contributed by atoms with Crippen molar-refractivity contribution in [1.82, 2.24) is 0 Å². The van der Waals surface area contributed by atoms with E-state index in [1.165, 1.54) is 0 Å². The molecule has 1 aliphatic heterocycles. The van der Waals surface area contributed by atoms with Crippen molar-refractivity contribution in [3.05, 3.63) is 12.7 Å². The molecule has 1 heterocycles. The van der Waals surface area contributed by atoms with Crippen molar-refractivity contribution in [2.75, 3.05) is 6.54 Å². The molecule has 0 aliphatic carbocycles. The first kappa shape index (κ1) is 7.80. The van der Waals surface area contributed by atoms with Crippen LogP contribution in [0.2, 0.25) is 0 Å². The molecule has 2 N–H and O–H groups in total. The number of rotatable bonds is 2. The minimum Gasteiger partial charge on any atom is -0.386 e. The fourth-order valence-electron chi connectivity index (χ4n) is 1.26. The normalized spacial score (nSPS) is 29.2. The number of hydrogen-bond acceptors (Lipinski definition) is 3. The Morgan fingerprint density at radius 1 is 1.91 bits per heavy atom. The molecule has 11 heavy (non-hydrogen) atoms. The van der Waals surface area contributed by atoms with Crippen LogP contribution in [0.3, 0.4) is 0 Å². The second-order valence-electron chi connectivity index (χ2n) is 2.70. The zero-order valence-corrected chi connectivity index (χ0v) is 6.38. The highest BCUT2D eigenvalue weighted by Crippen LogP contribution is 2.30. The van der Waals surface area contributed by atoms with Gasteiger partial charge in [0.15, 0.2) is 0 Å². The summed E-state index contributed by atoms with van der Waals surface area (Å²) < 4.78 is 0. The van der Waals surface area contributed by atoms with Crippen molar-refractivity contribution in [3.8, 4) is 6.07 Å². The van der Waals surface area contributed by atoms with Crippen LogP contribution in [-0.4, -0.2) is 12.4 Å². The van der Waals surface area contributed by atoms with Crippen LogP contribution in [0.4, 0.5) is 0 Å². The maximum Gasteiger partial charge on any atom is 0.119 e. The summed E-state index contributed by atoms with van der Waals surface area (Å²) in [5, 5.41) is 8.86. The van der Waals surface area contributed by atoms with E-state index in [2.05, 4.69) is 17.6 Å². The zero-order valence-electron chi connectivity index (χ0n) is 6.38. The summed E-state index contributed by atoms with van der Waals surface area (Å²) in [6, 6.07) is 2.20. The highest BCUT2D eigenvalue weighted by molar-refractivity contribution is 5.90. The Morgan fingerprint density at radius 3 is 3.00 bits per heavy atom. The molecular weight excluding hydrogens is 138 g/mol. The summed E-state index contributed by atoms with van der Waals surface area (Å²) >= 11 is 0. The first-order valence-corrected chi connectivity index (χ1v) is 3.58. The predicted octanol–water partition coefficient (Wildman–Crippen LogP) is 0.833. The minimum atomic E-state index is -0.540. The van der Waals surface area contributed by atoms with E-state index in [0.717, 1.165) is 6.42 Å². The number of allylic oxidation sites excluding steroid dienone is 1. The molecule has 0 aromatic heterocycles. The summed E-state index contributed by atoms with van der Waals surface area (Å²) in [5.74, 6) is 0.472. The van der Waals surface area contributed by atoms with Gasteiger partial charge in [0.2, 0.25) is 0 Å². The van der Waals surface area contributed by atoms with Crippen LogP contribution in [0.5, 0.6) is 0 Å². The van der Waals surface area contributed by atoms with E-state index in [1.54, 1.807) is 6.08 Å². The lowest BCUT2D eigenvalue weighted by atomic mass is 9.83. The van der Waals surface area contributed by atoms with Crippen LogP contribution >= 0.6 is 0 Å². The molecule has 1 aliphatic rings. The van der Waals surface area contributed by atoms with Gasteiger partial charge in [-0.3, -0.25) is 4.99 Å². The van der Waals surface area contributed by atoms with Crippen LogP contribution in [0.1, 0.15) is 12.8 Å². The van der Waals surface area contributed by atoms with Crippen molar-refractivity contribution >= 4 is 5.84 Å². The van der Waals surface area contributed by atoms with E-state index in [0.29, 0.717) is 18.8 Å². The molecular formula is C8H11N3. The average Bonchev–Trinajstić information content (AvgIpc) is 2.35. The molecule has 0 radical (unpaired) electrons. The predicted molar refractivity (Wildman–Crippen MR) is 44.0 cm³/mol. The molecule has 0 bridgehead atoms. The first-order valence-electron chi connectivity index (χ1n) is 3.58. The van der Waals surface area contributed by atoms with Crippen LogP contribution in [0, 0.1) is 16.7 Å². The topological polar surface area (TPSA) is 62.2 Å². The number of hydrogen-bond donors (Lipinski definition) is 1. The van der Waals surface area contributed by atoms with Gasteiger partial charge in [0.05, 0.1) is 6.07 Å². The molecule has 0 amide bonds. The van der Waals surface area contributed by atoms with Gasteiger partial charge in [0, 0.05) is 6.54 Å². The highest BCUT2D eigenvalue weighted by atomic mass is 14.9. The number of aliphatic imine (C=N–C) groups is 1. The molecule has 1 unspecified atom stereocenters. The van der Waals surface area contributed by atoms with Crippen molar-refractivity contribution in [2.45, 2.75) is 12.8 Å². The van der Waals surface area contributed by atoms with Gasteiger partial charge >= 0.3 is 0 Å². The van der Waals surface area contributed by atoms with Crippen LogP contribution in [-0.2, 0) is 0 Å². The molecule has 1 atom stereocenters. The molecule has 58 valence electrons. The summed E-state index contributed by atoms with van der Waals surface area (Å²) in [7, 11) is 0. The molecule has 3 nitrogen and oxygen atoms in total. The lowest BCUT2D eigenvalue weighted by Gasteiger charge is -2.17. The Hall–Kier alpha value is -1.30. The zero-order chi connectivity index (χ0) is 8.32. The Balaban J connectivity index is 2.86. The Morgan fingerprint density at radius 2 is 2.64 bits per heavy atom. The van der Waals surface area contributed by atoms with E-state index in [4.69, 9.17) is 11.0 Å². The Labute approximate surface area is 66.2 Å². The molecule has 0 aromatic rings. The standard InChI is InChI=1S/C8H11N3/c1-2-3-8(6-9)4-5-11-7(8)10/h2H,1,3-5H2,(H2,10,11). The molecule has 1 rings (SSSR count). The van der Waals surface area contributed by atoms with Crippen molar-refractivity contribution in [1.29, 1.82) is 5.26 Å². The van der Waals surface area contributed by atoms with Crippen LogP contribution < -0.4 is 5.73 Å². The second kappa shape index (κ2) is 2.75. The first-order chi connectivity index (χ1) is 5.25. The molecule has 0 saturated carbocycles. The molecule has 0 fully saturated rings. The third kappa shape index (κ3) is 1.12. The molecule has 0 saturated heterocycles. The van der Waals surface area contributed by atoms with Gasteiger partial charge in [-0.05, 0) is 12.8 Å². The lowest BCUT2D eigenvalue weighted by molar-refractivity contribution is 0.547.